The van der Waals surface area contributed by atoms with E-state index < -0.39 is 0 Å². The van der Waals surface area contributed by atoms with Crippen molar-refractivity contribution in [3.63, 3.8) is 0 Å². The number of hydrogen-bond donors (Lipinski definition) is 0. The maximum Gasteiger partial charge on any atom is 0.330 e. The number of ether oxygens (including phenoxy) is 1. The standard InChI is InChI=1S/C5H8N2.C5H8O2/c1-5-6-3-4-7(5)2;1-3-5(6)7-4-2/h3-4H,1-2H3;3H,1,4H2,2H3. The summed E-state index contributed by atoms with van der Waals surface area (Å²) >= 11 is 0. The second-order valence-electron chi connectivity index (χ2n) is 2.54. The van der Waals surface area contributed by atoms with Crippen LogP contribution in [0.1, 0.15) is 12.7 Å². The van der Waals surface area contributed by atoms with Crippen molar-refractivity contribution in [3.8, 4) is 0 Å². The smallest absolute Gasteiger partial charge is 0.330 e. The maximum atomic E-state index is 10.1. The fourth-order valence-corrected chi connectivity index (χ4v) is 0.641. The zero-order chi connectivity index (χ0) is 11.0. The van der Waals surface area contributed by atoms with Crippen LogP contribution in [-0.4, -0.2) is 22.1 Å². The molecule has 0 atom stereocenters. The zero-order valence-electron chi connectivity index (χ0n) is 8.86. The lowest BCUT2D eigenvalue weighted by Crippen LogP contribution is -1.97. The van der Waals surface area contributed by atoms with E-state index in [4.69, 9.17) is 0 Å². The Kier molecular flexibility index (Phi) is 6.11. The van der Waals surface area contributed by atoms with Gasteiger partial charge in [0.05, 0.1) is 6.61 Å². The number of aromatic nitrogens is 2. The summed E-state index contributed by atoms with van der Waals surface area (Å²) in [6.45, 7) is 7.35. The Balaban J connectivity index is 0.000000241. The van der Waals surface area contributed by atoms with Crippen molar-refractivity contribution in [1.82, 2.24) is 9.55 Å². The molecule has 0 saturated carbocycles. The van der Waals surface area contributed by atoms with E-state index in [1.54, 1.807) is 13.1 Å². The summed E-state index contributed by atoms with van der Waals surface area (Å²) in [5, 5.41) is 0. The number of esters is 1. The zero-order valence-corrected chi connectivity index (χ0v) is 8.86. The maximum absolute atomic E-state index is 10.1. The van der Waals surface area contributed by atoms with Crippen LogP contribution in [0.25, 0.3) is 0 Å². The number of carbonyl (C=O) groups excluding carboxylic acids is 1. The molecule has 78 valence electrons. The number of hydrogen-bond acceptors (Lipinski definition) is 3. The van der Waals surface area contributed by atoms with Crippen molar-refractivity contribution in [1.29, 1.82) is 0 Å². The van der Waals surface area contributed by atoms with Crippen LogP contribution in [0.4, 0.5) is 0 Å². The quantitative estimate of drug-likeness (QED) is 0.531. The molecule has 0 radical (unpaired) electrons. The molecule has 0 bridgehead atoms. The van der Waals surface area contributed by atoms with Gasteiger partial charge in [0, 0.05) is 25.5 Å². The molecule has 0 saturated heterocycles. The van der Waals surface area contributed by atoms with E-state index in [-0.39, 0.29) is 5.97 Å². The van der Waals surface area contributed by atoms with E-state index in [0.29, 0.717) is 6.61 Å². The van der Waals surface area contributed by atoms with E-state index in [1.165, 1.54) is 0 Å². The summed E-state index contributed by atoms with van der Waals surface area (Å²) in [6, 6.07) is 0. The van der Waals surface area contributed by atoms with Crippen LogP contribution >= 0.6 is 0 Å². The SMILES string of the molecule is C=CC(=O)OCC.Cc1nccn1C. The molecule has 0 aliphatic carbocycles. The first kappa shape index (κ1) is 12.4. The van der Waals surface area contributed by atoms with Crippen LogP contribution in [0.2, 0.25) is 0 Å². The molecule has 0 fully saturated rings. The molecule has 0 aliphatic heterocycles. The number of imidazole rings is 1. The minimum Gasteiger partial charge on any atom is -0.463 e. The monoisotopic (exact) mass is 196 g/mol. The Hall–Kier alpha value is -1.58. The van der Waals surface area contributed by atoms with Crippen molar-refractivity contribution < 1.29 is 9.53 Å². The molecule has 14 heavy (non-hydrogen) atoms. The summed E-state index contributed by atoms with van der Waals surface area (Å²) in [4.78, 5) is 14.1. The number of aryl methyl sites for hydroxylation is 2. The van der Waals surface area contributed by atoms with E-state index in [0.717, 1.165) is 11.9 Å². The normalized spacial score (nSPS) is 8.50. The van der Waals surface area contributed by atoms with Gasteiger partial charge in [0.25, 0.3) is 0 Å². The third-order valence-corrected chi connectivity index (χ3v) is 1.52. The summed E-state index contributed by atoms with van der Waals surface area (Å²) < 4.78 is 6.41. The third-order valence-electron chi connectivity index (χ3n) is 1.52. The molecule has 0 N–H and O–H groups in total. The van der Waals surface area contributed by atoms with E-state index in [2.05, 4.69) is 16.3 Å². The lowest BCUT2D eigenvalue weighted by molar-refractivity contribution is -0.137. The fraction of sp³-hybridized carbons (Fsp3) is 0.400. The summed E-state index contributed by atoms with van der Waals surface area (Å²) in [5.74, 6) is 0.697. The van der Waals surface area contributed by atoms with Gasteiger partial charge in [-0.2, -0.15) is 0 Å². The van der Waals surface area contributed by atoms with Gasteiger partial charge in [-0.25, -0.2) is 9.78 Å². The molecule has 0 aliphatic rings. The summed E-state index contributed by atoms with van der Waals surface area (Å²) in [7, 11) is 1.97. The van der Waals surface area contributed by atoms with Crippen LogP contribution in [0.15, 0.2) is 25.0 Å². The van der Waals surface area contributed by atoms with E-state index in [9.17, 15) is 4.79 Å². The van der Waals surface area contributed by atoms with Crippen molar-refractivity contribution in [2.45, 2.75) is 13.8 Å². The minimum atomic E-state index is -0.359. The van der Waals surface area contributed by atoms with Gasteiger partial charge in [0.15, 0.2) is 0 Å². The first-order valence-electron chi connectivity index (χ1n) is 4.35. The van der Waals surface area contributed by atoms with Gasteiger partial charge in [0.2, 0.25) is 0 Å². The van der Waals surface area contributed by atoms with E-state index >= 15 is 0 Å². The number of rotatable bonds is 2. The second kappa shape index (κ2) is 6.88. The van der Waals surface area contributed by atoms with Crippen molar-refractivity contribution in [2.24, 2.45) is 7.05 Å². The Morgan fingerprint density at radius 2 is 2.43 bits per heavy atom. The number of nitrogens with zero attached hydrogens (tertiary/aromatic N) is 2. The average Bonchev–Trinajstić information content (AvgIpc) is 2.52. The Morgan fingerprint density at radius 1 is 1.79 bits per heavy atom. The van der Waals surface area contributed by atoms with Gasteiger partial charge >= 0.3 is 5.97 Å². The highest BCUT2D eigenvalue weighted by Crippen LogP contribution is 1.87. The molecule has 0 aromatic carbocycles. The predicted octanol–water partition coefficient (Wildman–Crippen LogP) is 1.46. The topological polar surface area (TPSA) is 44.1 Å². The lowest BCUT2D eigenvalue weighted by atomic mass is 10.6. The van der Waals surface area contributed by atoms with Crippen LogP contribution in [0.5, 0.6) is 0 Å². The highest BCUT2D eigenvalue weighted by Gasteiger charge is 1.86. The van der Waals surface area contributed by atoms with Crippen LogP contribution in [0, 0.1) is 6.92 Å². The van der Waals surface area contributed by atoms with Crippen LogP contribution in [-0.2, 0) is 16.6 Å². The van der Waals surface area contributed by atoms with Gasteiger partial charge in [-0.15, -0.1) is 0 Å². The Bertz CT molecular complexity index is 276. The molecule has 1 heterocycles. The van der Waals surface area contributed by atoms with E-state index in [1.807, 2.05) is 24.7 Å². The fourth-order valence-electron chi connectivity index (χ4n) is 0.641. The molecule has 0 amide bonds. The largest absolute Gasteiger partial charge is 0.463 e. The molecular weight excluding hydrogens is 180 g/mol. The van der Waals surface area contributed by atoms with Crippen molar-refractivity contribution >= 4 is 5.97 Å². The molecule has 1 aromatic heterocycles. The highest BCUT2D eigenvalue weighted by atomic mass is 16.5. The molecule has 4 nitrogen and oxygen atoms in total. The molecule has 1 aromatic rings. The molecular formula is C10H16N2O2. The molecule has 0 spiro atoms. The average molecular weight is 196 g/mol. The van der Waals surface area contributed by atoms with Crippen molar-refractivity contribution in [3.05, 3.63) is 30.9 Å². The Labute approximate surface area is 84.2 Å². The van der Waals surface area contributed by atoms with Gasteiger partial charge < -0.3 is 9.30 Å². The van der Waals surface area contributed by atoms with Gasteiger partial charge in [0.1, 0.15) is 5.82 Å². The highest BCUT2D eigenvalue weighted by molar-refractivity contribution is 5.81. The van der Waals surface area contributed by atoms with Gasteiger partial charge in [-0.3, -0.25) is 0 Å². The van der Waals surface area contributed by atoms with Crippen molar-refractivity contribution in [2.75, 3.05) is 6.61 Å². The van der Waals surface area contributed by atoms with Gasteiger partial charge in [-0.05, 0) is 13.8 Å². The Morgan fingerprint density at radius 3 is 2.57 bits per heavy atom. The predicted molar refractivity (Wildman–Crippen MR) is 54.8 cm³/mol. The van der Waals surface area contributed by atoms with Gasteiger partial charge in [-0.1, -0.05) is 6.58 Å². The second-order valence-corrected chi connectivity index (χ2v) is 2.54. The summed E-state index contributed by atoms with van der Waals surface area (Å²) in [6.07, 6.45) is 4.86. The molecule has 4 heteroatoms. The van der Waals surface area contributed by atoms with Crippen LogP contribution in [0.3, 0.4) is 0 Å². The minimum absolute atomic E-state index is 0.359. The van der Waals surface area contributed by atoms with Crippen LogP contribution < -0.4 is 0 Å². The summed E-state index contributed by atoms with van der Waals surface area (Å²) in [5.41, 5.74) is 0. The first-order chi connectivity index (χ1) is 6.61. The third kappa shape index (κ3) is 5.13. The molecule has 1 rings (SSSR count). The lowest BCUT2D eigenvalue weighted by Gasteiger charge is -1.90. The number of carbonyl (C=O) groups is 1. The molecule has 0 unspecified atom stereocenters. The first-order valence-corrected chi connectivity index (χ1v) is 4.35.